The van der Waals surface area contributed by atoms with Gasteiger partial charge in [-0.25, -0.2) is 0 Å². The van der Waals surface area contributed by atoms with Gasteiger partial charge in [-0.05, 0) is 12.8 Å². The van der Waals surface area contributed by atoms with Gasteiger partial charge in [-0.1, -0.05) is 44.9 Å². The molecule has 1 saturated carbocycles. The van der Waals surface area contributed by atoms with E-state index in [1.807, 2.05) is 0 Å². The first kappa shape index (κ1) is 10.6. The molecule has 0 bridgehead atoms. The maximum absolute atomic E-state index is 10.3. The Morgan fingerprint density at radius 3 is 1.77 bits per heavy atom. The molecule has 0 unspecified atom stereocenters. The minimum Gasteiger partial charge on any atom is -0.356 e. The molecule has 1 N–H and O–H groups in total. The van der Waals surface area contributed by atoms with Gasteiger partial charge in [0.1, 0.15) is 0 Å². The van der Waals surface area contributed by atoms with E-state index in [2.05, 4.69) is 5.32 Å². The molecule has 0 aromatic carbocycles. The lowest BCUT2D eigenvalue weighted by molar-refractivity contribution is -0.110. The molecule has 0 heterocycles. The van der Waals surface area contributed by atoms with Crippen LogP contribution in [0.2, 0.25) is 0 Å². The summed E-state index contributed by atoms with van der Waals surface area (Å²) in [6.45, 7) is 0. The quantitative estimate of drug-likeness (QED) is 0.655. The van der Waals surface area contributed by atoms with Crippen LogP contribution in [0.3, 0.4) is 0 Å². The fraction of sp³-hybridized carbons (Fsp3) is 0.909. The van der Waals surface area contributed by atoms with Crippen LogP contribution in [-0.4, -0.2) is 12.5 Å². The van der Waals surface area contributed by atoms with Gasteiger partial charge in [0.2, 0.25) is 6.41 Å². The van der Waals surface area contributed by atoms with E-state index in [4.69, 9.17) is 0 Å². The Morgan fingerprint density at radius 1 is 0.846 bits per heavy atom. The first-order valence-corrected chi connectivity index (χ1v) is 5.63. The zero-order valence-electron chi connectivity index (χ0n) is 8.43. The van der Waals surface area contributed by atoms with E-state index in [1.165, 1.54) is 57.8 Å². The minimum absolute atomic E-state index is 0.454. The normalized spacial score (nSPS) is 22.2. The average molecular weight is 183 g/mol. The maximum Gasteiger partial charge on any atom is 0.207 e. The van der Waals surface area contributed by atoms with Gasteiger partial charge in [0.05, 0.1) is 0 Å². The number of rotatable bonds is 2. The predicted molar refractivity (Wildman–Crippen MR) is 54.5 cm³/mol. The van der Waals surface area contributed by atoms with Crippen molar-refractivity contribution < 1.29 is 4.79 Å². The van der Waals surface area contributed by atoms with Crippen molar-refractivity contribution in [2.75, 3.05) is 0 Å². The molecule has 0 aromatic rings. The molecule has 2 nitrogen and oxygen atoms in total. The molecule has 1 amide bonds. The monoisotopic (exact) mass is 183 g/mol. The van der Waals surface area contributed by atoms with Crippen molar-refractivity contribution >= 4 is 6.41 Å². The van der Waals surface area contributed by atoms with Gasteiger partial charge in [0.15, 0.2) is 0 Å². The van der Waals surface area contributed by atoms with Crippen LogP contribution in [0.5, 0.6) is 0 Å². The molecule has 1 aliphatic rings. The summed E-state index contributed by atoms with van der Waals surface area (Å²) in [5, 5.41) is 2.92. The van der Waals surface area contributed by atoms with Crippen molar-refractivity contribution in [1.29, 1.82) is 0 Å². The lowest BCUT2D eigenvalue weighted by Gasteiger charge is -2.17. The lowest BCUT2D eigenvalue weighted by atomic mass is 9.98. The molecular weight excluding hydrogens is 162 g/mol. The second-order valence-electron chi connectivity index (χ2n) is 4.03. The highest BCUT2D eigenvalue weighted by Gasteiger charge is 2.07. The number of amides is 1. The molecule has 1 aliphatic carbocycles. The van der Waals surface area contributed by atoms with E-state index >= 15 is 0 Å². The van der Waals surface area contributed by atoms with Crippen LogP contribution in [0.4, 0.5) is 0 Å². The molecule has 0 radical (unpaired) electrons. The zero-order valence-corrected chi connectivity index (χ0v) is 8.43. The zero-order chi connectivity index (χ0) is 9.36. The molecule has 0 saturated heterocycles. The average Bonchev–Trinajstić information content (AvgIpc) is 2.16. The second kappa shape index (κ2) is 6.93. The summed E-state index contributed by atoms with van der Waals surface area (Å²) in [5.41, 5.74) is 0. The lowest BCUT2D eigenvalue weighted by Crippen LogP contribution is -2.27. The number of hydrogen-bond donors (Lipinski definition) is 1. The van der Waals surface area contributed by atoms with Crippen LogP contribution in [0, 0.1) is 0 Å². The highest BCUT2D eigenvalue weighted by atomic mass is 16.1. The largest absolute Gasteiger partial charge is 0.356 e. The number of carbonyl (C=O) groups excluding carboxylic acids is 1. The Balaban J connectivity index is 2.21. The van der Waals surface area contributed by atoms with Gasteiger partial charge in [-0.3, -0.25) is 4.79 Å². The van der Waals surface area contributed by atoms with Crippen molar-refractivity contribution in [3.8, 4) is 0 Å². The van der Waals surface area contributed by atoms with Crippen LogP contribution in [-0.2, 0) is 4.79 Å². The number of nitrogens with one attached hydrogen (secondary N) is 1. The predicted octanol–water partition coefficient (Wildman–Crippen LogP) is 2.63. The van der Waals surface area contributed by atoms with Crippen molar-refractivity contribution in [3.05, 3.63) is 0 Å². The first-order valence-electron chi connectivity index (χ1n) is 5.63. The van der Waals surface area contributed by atoms with Crippen LogP contribution < -0.4 is 5.32 Å². The second-order valence-corrected chi connectivity index (χ2v) is 4.03. The molecule has 1 rings (SSSR count). The minimum atomic E-state index is 0.454. The van der Waals surface area contributed by atoms with Gasteiger partial charge < -0.3 is 5.32 Å². The number of hydrogen-bond acceptors (Lipinski definition) is 1. The molecule has 76 valence electrons. The summed E-state index contributed by atoms with van der Waals surface area (Å²) < 4.78 is 0. The SMILES string of the molecule is O=CNC1CCCCCCCCC1. The highest BCUT2D eigenvalue weighted by molar-refractivity contribution is 5.46. The molecule has 1 fully saturated rings. The highest BCUT2D eigenvalue weighted by Crippen LogP contribution is 2.16. The molecule has 0 aliphatic heterocycles. The van der Waals surface area contributed by atoms with E-state index < -0.39 is 0 Å². The van der Waals surface area contributed by atoms with Crippen LogP contribution >= 0.6 is 0 Å². The van der Waals surface area contributed by atoms with Gasteiger partial charge >= 0.3 is 0 Å². The fourth-order valence-electron chi connectivity index (χ4n) is 2.07. The van der Waals surface area contributed by atoms with Crippen LogP contribution in [0.1, 0.15) is 57.8 Å². The Hall–Kier alpha value is -0.530. The molecule has 2 heteroatoms. The standard InChI is InChI=1S/C11H21NO/c13-10-12-11-8-6-4-2-1-3-5-7-9-11/h10-11H,1-9H2,(H,12,13). The van der Waals surface area contributed by atoms with Crippen LogP contribution in [0.25, 0.3) is 0 Å². The Bertz CT molecular complexity index is 126. The fourth-order valence-corrected chi connectivity index (χ4v) is 2.07. The van der Waals surface area contributed by atoms with E-state index in [9.17, 15) is 4.79 Å². The molecule has 0 spiro atoms. The topological polar surface area (TPSA) is 29.1 Å². The first-order chi connectivity index (χ1) is 6.43. The summed E-state index contributed by atoms with van der Waals surface area (Å²) in [7, 11) is 0. The van der Waals surface area contributed by atoms with E-state index in [0.717, 1.165) is 6.41 Å². The third kappa shape index (κ3) is 4.91. The Labute approximate surface area is 81.1 Å². The third-order valence-electron chi connectivity index (χ3n) is 2.91. The van der Waals surface area contributed by atoms with Crippen LogP contribution in [0.15, 0.2) is 0 Å². The molecule has 13 heavy (non-hydrogen) atoms. The van der Waals surface area contributed by atoms with Crippen molar-refractivity contribution in [1.82, 2.24) is 5.32 Å². The van der Waals surface area contributed by atoms with Crippen molar-refractivity contribution in [2.45, 2.75) is 63.8 Å². The summed E-state index contributed by atoms with van der Waals surface area (Å²) in [4.78, 5) is 10.3. The van der Waals surface area contributed by atoms with E-state index in [-0.39, 0.29) is 0 Å². The smallest absolute Gasteiger partial charge is 0.207 e. The number of carbonyl (C=O) groups is 1. The van der Waals surface area contributed by atoms with Gasteiger partial charge in [0, 0.05) is 6.04 Å². The van der Waals surface area contributed by atoms with Gasteiger partial charge in [0.25, 0.3) is 0 Å². The van der Waals surface area contributed by atoms with E-state index in [0.29, 0.717) is 6.04 Å². The van der Waals surface area contributed by atoms with Gasteiger partial charge in [-0.2, -0.15) is 0 Å². The summed E-state index contributed by atoms with van der Waals surface area (Å²) >= 11 is 0. The molecule has 0 aromatic heterocycles. The third-order valence-corrected chi connectivity index (χ3v) is 2.91. The summed E-state index contributed by atoms with van der Waals surface area (Å²) in [6.07, 6.45) is 12.6. The summed E-state index contributed by atoms with van der Waals surface area (Å²) in [6, 6.07) is 0.454. The summed E-state index contributed by atoms with van der Waals surface area (Å²) in [5.74, 6) is 0. The van der Waals surface area contributed by atoms with Crippen molar-refractivity contribution in [2.24, 2.45) is 0 Å². The maximum atomic E-state index is 10.3. The Kier molecular flexibility index (Phi) is 5.62. The molecule has 0 atom stereocenters. The Morgan fingerprint density at radius 2 is 1.31 bits per heavy atom. The van der Waals surface area contributed by atoms with E-state index in [1.54, 1.807) is 0 Å². The van der Waals surface area contributed by atoms with Gasteiger partial charge in [-0.15, -0.1) is 0 Å². The van der Waals surface area contributed by atoms with Crippen molar-refractivity contribution in [3.63, 3.8) is 0 Å². The molecular formula is C11H21NO.